The maximum absolute atomic E-state index is 5.91. The molecule has 8 heteroatoms. The Morgan fingerprint density at radius 3 is 2.38 bits per heavy atom. The summed E-state index contributed by atoms with van der Waals surface area (Å²) in [7, 11) is 1.65. The van der Waals surface area contributed by atoms with Crippen LogP contribution in [0.5, 0.6) is 11.5 Å². The predicted octanol–water partition coefficient (Wildman–Crippen LogP) is 4.12. The van der Waals surface area contributed by atoms with Crippen LogP contribution in [0.4, 0.5) is 0 Å². The number of nitrogens with one attached hydrogen (secondary N) is 2. The molecule has 0 aliphatic rings. The van der Waals surface area contributed by atoms with Gasteiger partial charge in [0, 0.05) is 12.0 Å². The quantitative estimate of drug-likeness (QED) is 0.312. The van der Waals surface area contributed by atoms with E-state index in [9.17, 15) is 0 Å². The van der Waals surface area contributed by atoms with Crippen LogP contribution in [0, 0.1) is 0 Å². The summed E-state index contributed by atoms with van der Waals surface area (Å²) >= 11 is 0. The Bertz CT molecular complexity index is 754. The molecule has 1 unspecified atom stereocenters. The molecule has 0 spiro atoms. The number of ether oxygens (including phenoxy) is 2. The lowest BCUT2D eigenvalue weighted by Gasteiger charge is -2.17. The molecule has 2 rings (SSSR count). The number of benzene rings is 1. The van der Waals surface area contributed by atoms with Crippen LogP contribution >= 0.6 is 24.0 Å². The Morgan fingerprint density at radius 1 is 1.17 bits per heavy atom. The number of halogens is 1. The lowest BCUT2D eigenvalue weighted by atomic mass is 9.94. The summed E-state index contributed by atoms with van der Waals surface area (Å²) < 4.78 is 16.9. The summed E-state index contributed by atoms with van der Waals surface area (Å²) in [5.41, 5.74) is -0.0636. The van der Waals surface area contributed by atoms with Gasteiger partial charge in [0.2, 0.25) is 5.89 Å². The molecule has 0 bridgehead atoms. The van der Waals surface area contributed by atoms with Crippen molar-refractivity contribution in [1.29, 1.82) is 0 Å². The lowest BCUT2D eigenvalue weighted by molar-refractivity contribution is 0.223. The Labute approximate surface area is 190 Å². The highest BCUT2D eigenvalue weighted by molar-refractivity contribution is 14.0. The van der Waals surface area contributed by atoms with E-state index in [1.807, 2.05) is 38.1 Å². The standard InChI is InChI=1S/C21H32N4O3.HI/c1-7-22-20(25-14-19-23-13-18(28-19)21(3,4)5)24-12-15(2)27-17-10-8-16(26-6)9-11-17;/h8-11,13,15H,7,12,14H2,1-6H3,(H2,22,24,25);1H. The molecule has 0 radical (unpaired) electrons. The second-order valence-corrected chi connectivity index (χ2v) is 7.55. The second kappa shape index (κ2) is 11.9. The van der Waals surface area contributed by atoms with Gasteiger partial charge < -0.3 is 24.5 Å². The van der Waals surface area contributed by atoms with E-state index in [1.165, 1.54) is 0 Å². The largest absolute Gasteiger partial charge is 0.497 e. The number of nitrogens with zero attached hydrogens (tertiary/aromatic N) is 2. The molecule has 0 aliphatic heterocycles. The number of rotatable bonds is 8. The second-order valence-electron chi connectivity index (χ2n) is 7.55. The van der Waals surface area contributed by atoms with E-state index in [-0.39, 0.29) is 35.5 Å². The van der Waals surface area contributed by atoms with Gasteiger partial charge in [0.25, 0.3) is 0 Å². The van der Waals surface area contributed by atoms with Gasteiger partial charge in [-0.3, -0.25) is 0 Å². The predicted molar refractivity (Wildman–Crippen MR) is 127 cm³/mol. The number of aromatic nitrogens is 1. The normalized spacial score (nSPS) is 12.7. The van der Waals surface area contributed by atoms with Crippen molar-refractivity contribution < 1.29 is 13.9 Å². The molecular formula is C21H33IN4O3. The Balaban J connectivity index is 0.00000420. The highest BCUT2D eigenvalue weighted by Gasteiger charge is 2.19. The first-order valence-electron chi connectivity index (χ1n) is 9.60. The zero-order valence-electron chi connectivity index (χ0n) is 18.1. The molecule has 1 aromatic carbocycles. The van der Waals surface area contributed by atoms with Crippen molar-refractivity contribution in [3.63, 3.8) is 0 Å². The van der Waals surface area contributed by atoms with Crippen LogP contribution in [0.3, 0.4) is 0 Å². The third-order valence-corrected chi connectivity index (χ3v) is 3.96. The number of oxazole rings is 1. The van der Waals surface area contributed by atoms with Gasteiger partial charge >= 0.3 is 0 Å². The molecule has 162 valence electrons. The summed E-state index contributed by atoms with van der Waals surface area (Å²) in [6.45, 7) is 12.1. The summed E-state index contributed by atoms with van der Waals surface area (Å²) in [6.07, 6.45) is 1.74. The SMILES string of the molecule is CCNC(=NCc1ncc(C(C)(C)C)o1)NCC(C)Oc1ccc(OC)cc1.I. The minimum atomic E-state index is -0.0636. The van der Waals surface area contributed by atoms with Gasteiger partial charge in [-0.15, -0.1) is 24.0 Å². The fraction of sp³-hybridized carbons (Fsp3) is 0.524. The average molecular weight is 516 g/mol. The molecule has 0 fully saturated rings. The minimum absolute atomic E-state index is 0. The maximum Gasteiger partial charge on any atom is 0.216 e. The van der Waals surface area contributed by atoms with Crippen LogP contribution in [0.25, 0.3) is 0 Å². The van der Waals surface area contributed by atoms with Crippen molar-refractivity contribution in [2.45, 2.75) is 52.7 Å². The summed E-state index contributed by atoms with van der Waals surface area (Å²) in [4.78, 5) is 8.86. The molecule has 7 nitrogen and oxygen atoms in total. The molecular weight excluding hydrogens is 483 g/mol. The van der Waals surface area contributed by atoms with E-state index in [0.717, 1.165) is 23.8 Å². The van der Waals surface area contributed by atoms with Crippen molar-refractivity contribution in [2.75, 3.05) is 20.2 Å². The number of aliphatic imine (C=N–C) groups is 1. The van der Waals surface area contributed by atoms with Crippen molar-refractivity contribution in [2.24, 2.45) is 4.99 Å². The van der Waals surface area contributed by atoms with Crippen LogP contribution in [-0.2, 0) is 12.0 Å². The van der Waals surface area contributed by atoms with Crippen molar-refractivity contribution in [3.05, 3.63) is 42.1 Å². The van der Waals surface area contributed by atoms with Crippen LogP contribution in [0.2, 0.25) is 0 Å². The Kier molecular flexibility index (Phi) is 10.3. The average Bonchev–Trinajstić information content (AvgIpc) is 3.14. The smallest absolute Gasteiger partial charge is 0.216 e. The van der Waals surface area contributed by atoms with Crippen LogP contribution < -0.4 is 20.1 Å². The van der Waals surface area contributed by atoms with E-state index in [1.54, 1.807) is 13.3 Å². The van der Waals surface area contributed by atoms with Gasteiger partial charge in [-0.2, -0.15) is 0 Å². The zero-order valence-corrected chi connectivity index (χ0v) is 20.4. The monoisotopic (exact) mass is 516 g/mol. The molecule has 1 aromatic heterocycles. The molecule has 0 aliphatic carbocycles. The first kappa shape index (κ1) is 25.1. The number of guanidine groups is 1. The minimum Gasteiger partial charge on any atom is -0.497 e. The van der Waals surface area contributed by atoms with Gasteiger partial charge in [-0.05, 0) is 38.1 Å². The molecule has 1 heterocycles. The van der Waals surface area contributed by atoms with Crippen molar-refractivity contribution >= 4 is 29.9 Å². The molecule has 0 amide bonds. The lowest BCUT2D eigenvalue weighted by Crippen LogP contribution is -2.41. The number of hydrogen-bond donors (Lipinski definition) is 2. The van der Waals surface area contributed by atoms with Crippen LogP contribution in [-0.4, -0.2) is 37.2 Å². The van der Waals surface area contributed by atoms with E-state index in [4.69, 9.17) is 13.9 Å². The van der Waals surface area contributed by atoms with Gasteiger partial charge in [0.15, 0.2) is 5.96 Å². The molecule has 0 saturated carbocycles. The summed E-state index contributed by atoms with van der Waals surface area (Å²) in [5.74, 6) is 3.76. The third-order valence-electron chi connectivity index (χ3n) is 3.96. The van der Waals surface area contributed by atoms with E-state index >= 15 is 0 Å². The van der Waals surface area contributed by atoms with Gasteiger partial charge in [-0.1, -0.05) is 20.8 Å². The molecule has 2 aromatic rings. The number of methoxy groups -OCH3 is 1. The maximum atomic E-state index is 5.91. The molecule has 2 N–H and O–H groups in total. The first-order valence-corrected chi connectivity index (χ1v) is 9.60. The van der Waals surface area contributed by atoms with Crippen LogP contribution in [0.15, 0.2) is 39.9 Å². The summed E-state index contributed by atoms with van der Waals surface area (Å²) in [6, 6.07) is 7.54. The Morgan fingerprint density at radius 2 is 1.83 bits per heavy atom. The van der Waals surface area contributed by atoms with Crippen molar-refractivity contribution in [1.82, 2.24) is 15.6 Å². The molecule has 0 saturated heterocycles. The Hall–Kier alpha value is -1.97. The fourth-order valence-electron chi connectivity index (χ4n) is 2.39. The zero-order chi connectivity index (χ0) is 20.6. The topological polar surface area (TPSA) is 80.9 Å². The van der Waals surface area contributed by atoms with Gasteiger partial charge in [-0.25, -0.2) is 9.98 Å². The van der Waals surface area contributed by atoms with E-state index in [0.29, 0.717) is 24.9 Å². The van der Waals surface area contributed by atoms with Crippen LogP contribution in [0.1, 0.15) is 46.3 Å². The number of hydrogen-bond acceptors (Lipinski definition) is 5. The first-order chi connectivity index (χ1) is 13.3. The molecule has 29 heavy (non-hydrogen) atoms. The van der Waals surface area contributed by atoms with Gasteiger partial charge in [0.1, 0.15) is 29.9 Å². The fourth-order valence-corrected chi connectivity index (χ4v) is 2.39. The third kappa shape index (κ3) is 8.51. The van der Waals surface area contributed by atoms with Gasteiger partial charge in [0.05, 0.1) is 19.9 Å². The summed E-state index contributed by atoms with van der Waals surface area (Å²) in [5, 5.41) is 6.51. The van der Waals surface area contributed by atoms with E-state index in [2.05, 4.69) is 41.4 Å². The highest BCUT2D eigenvalue weighted by atomic mass is 127. The highest BCUT2D eigenvalue weighted by Crippen LogP contribution is 2.22. The van der Waals surface area contributed by atoms with Crippen molar-refractivity contribution in [3.8, 4) is 11.5 Å². The molecule has 1 atom stereocenters. The van der Waals surface area contributed by atoms with E-state index < -0.39 is 0 Å².